The van der Waals surface area contributed by atoms with E-state index < -0.39 is 0 Å². The van der Waals surface area contributed by atoms with Crippen molar-refractivity contribution in [2.75, 3.05) is 0 Å². The van der Waals surface area contributed by atoms with Gasteiger partial charge >= 0.3 is 0 Å². The van der Waals surface area contributed by atoms with Gasteiger partial charge in [-0.15, -0.1) is 11.3 Å². The van der Waals surface area contributed by atoms with Crippen LogP contribution in [0, 0.1) is 0 Å². The summed E-state index contributed by atoms with van der Waals surface area (Å²) in [5, 5.41) is 1.29. The molecular formula is C15H16N2S. The summed E-state index contributed by atoms with van der Waals surface area (Å²) >= 11 is 1.85. The van der Waals surface area contributed by atoms with Gasteiger partial charge in [0.25, 0.3) is 0 Å². The second-order valence-electron chi connectivity index (χ2n) is 5.32. The number of hydrogen-bond donors (Lipinski definition) is 1. The molecule has 1 aromatic carbocycles. The Bertz CT molecular complexity index is 602. The first kappa shape index (κ1) is 10.7. The monoisotopic (exact) mass is 256 g/mol. The molecule has 0 radical (unpaired) electrons. The zero-order valence-electron chi connectivity index (χ0n) is 10.2. The third kappa shape index (κ3) is 1.47. The first-order chi connectivity index (χ1) is 8.83. The molecule has 1 aromatic heterocycles. The molecule has 2 aromatic rings. The van der Waals surface area contributed by atoms with Crippen molar-refractivity contribution in [1.82, 2.24) is 4.98 Å². The highest BCUT2D eigenvalue weighted by Crippen LogP contribution is 2.44. The van der Waals surface area contributed by atoms with Crippen molar-refractivity contribution in [3.8, 4) is 0 Å². The van der Waals surface area contributed by atoms with Crippen LogP contribution in [-0.4, -0.2) is 4.98 Å². The molecule has 92 valence electrons. The highest BCUT2D eigenvalue weighted by Gasteiger charge is 2.31. The normalized spacial score (nSPS) is 25.2. The van der Waals surface area contributed by atoms with Crippen LogP contribution < -0.4 is 5.73 Å². The molecule has 2 N–H and O–H groups in total. The molecular weight excluding hydrogens is 240 g/mol. The predicted octanol–water partition coefficient (Wildman–Crippen LogP) is 3.17. The lowest BCUT2D eigenvalue weighted by atomic mass is 9.78. The summed E-state index contributed by atoms with van der Waals surface area (Å²) in [6.07, 6.45) is 4.58. The van der Waals surface area contributed by atoms with E-state index in [-0.39, 0.29) is 6.04 Å². The zero-order valence-corrected chi connectivity index (χ0v) is 11.0. The molecule has 0 spiro atoms. The molecule has 0 saturated heterocycles. The smallest absolute Gasteiger partial charge is 0.101 e. The first-order valence-corrected chi connectivity index (χ1v) is 7.47. The maximum atomic E-state index is 6.18. The SMILES string of the molecule is NC1CCCc2nc(C3Cc4ccccc43)sc21. The van der Waals surface area contributed by atoms with Crippen molar-refractivity contribution in [2.24, 2.45) is 5.73 Å². The number of thiazole rings is 1. The van der Waals surface area contributed by atoms with E-state index in [0.717, 1.165) is 19.3 Å². The van der Waals surface area contributed by atoms with Gasteiger partial charge in [0.2, 0.25) is 0 Å². The lowest BCUT2D eigenvalue weighted by molar-refractivity contribution is 0.571. The van der Waals surface area contributed by atoms with Gasteiger partial charge in [-0.1, -0.05) is 24.3 Å². The van der Waals surface area contributed by atoms with Crippen LogP contribution in [0.15, 0.2) is 24.3 Å². The summed E-state index contributed by atoms with van der Waals surface area (Å²) in [6, 6.07) is 8.95. The Morgan fingerprint density at radius 1 is 1.28 bits per heavy atom. The molecule has 2 aliphatic rings. The number of fused-ring (bicyclic) bond motifs is 2. The fraction of sp³-hybridized carbons (Fsp3) is 0.400. The summed E-state index contributed by atoms with van der Waals surface area (Å²) in [4.78, 5) is 6.21. The van der Waals surface area contributed by atoms with E-state index in [1.165, 1.54) is 33.1 Å². The molecule has 0 saturated carbocycles. The van der Waals surface area contributed by atoms with Gasteiger partial charge < -0.3 is 5.73 Å². The number of aryl methyl sites for hydroxylation is 1. The Morgan fingerprint density at radius 2 is 2.17 bits per heavy atom. The van der Waals surface area contributed by atoms with Crippen molar-refractivity contribution >= 4 is 11.3 Å². The summed E-state index contributed by atoms with van der Waals surface area (Å²) in [6.45, 7) is 0. The molecule has 3 heteroatoms. The molecule has 2 aliphatic carbocycles. The van der Waals surface area contributed by atoms with Gasteiger partial charge in [0.05, 0.1) is 5.69 Å². The maximum absolute atomic E-state index is 6.18. The average Bonchev–Trinajstić information content (AvgIpc) is 2.76. The lowest BCUT2D eigenvalue weighted by Crippen LogP contribution is -2.17. The molecule has 0 bridgehead atoms. The van der Waals surface area contributed by atoms with Gasteiger partial charge in [0.1, 0.15) is 5.01 Å². The van der Waals surface area contributed by atoms with E-state index in [1.807, 2.05) is 11.3 Å². The Labute approximate surface area is 111 Å². The Kier molecular flexibility index (Phi) is 2.32. The van der Waals surface area contributed by atoms with Gasteiger partial charge in [-0.05, 0) is 36.8 Å². The number of benzene rings is 1. The summed E-state index contributed by atoms with van der Waals surface area (Å²) in [5.41, 5.74) is 10.4. The Morgan fingerprint density at radius 3 is 3.00 bits per heavy atom. The van der Waals surface area contributed by atoms with Crippen LogP contribution in [0.3, 0.4) is 0 Å². The van der Waals surface area contributed by atoms with Crippen molar-refractivity contribution in [3.05, 3.63) is 51.0 Å². The van der Waals surface area contributed by atoms with Gasteiger partial charge in [0.15, 0.2) is 0 Å². The molecule has 2 unspecified atom stereocenters. The van der Waals surface area contributed by atoms with Crippen LogP contribution in [0.5, 0.6) is 0 Å². The second kappa shape index (κ2) is 3.90. The highest BCUT2D eigenvalue weighted by molar-refractivity contribution is 7.12. The standard InChI is InChI=1S/C15H16N2S/c16-12-6-3-7-13-14(12)18-15(17-13)11-8-9-4-1-2-5-10(9)11/h1-2,4-5,11-12H,3,6-8,16H2. The Hall–Kier alpha value is -1.19. The summed E-state index contributed by atoms with van der Waals surface area (Å²) in [5.74, 6) is 0.531. The van der Waals surface area contributed by atoms with Crippen LogP contribution in [0.1, 0.15) is 51.5 Å². The van der Waals surface area contributed by atoms with Crippen LogP contribution in [0.2, 0.25) is 0 Å². The van der Waals surface area contributed by atoms with E-state index in [1.54, 1.807) is 0 Å². The van der Waals surface area contributed by atoms with E-state index in [0.29, 0.717) is 5.92 Å². The minimum Gasteiger partial charge on any atom is -0.323 e. The molecule has 0 amide bonds. The quantitative estimate of drug-likeness (QED) is 0.851. The average molecular weight is 256 g/mol. The fourth-order valence-corrected chi connectivity index (χ4v) is 4.37. The molecule has 18 heavy (non-hydrogen) atoms. The van der Waals surface area contributed by atoms with Gasteiger partial charge in [-0.2, -0.15) is 0 Å². The summed E-state index contributed by atoms with van der Waals surface area (Å²) < 4.78 is 0. The van der Waals surface area contributed by atoms with Crippen molar-refractivity contribution in [1.29, 1.82) is 0 Å². The van der Waals surface area contributed by atoms with Crippen LogP contribution in [0.4, 0.5) is 0 Å². The molecule has 0 aliphatic heterocycles. The van der Waals surface area contributed by atoms with Crippen molar-refractivity contribution in [3.63, 3.8) is 0 Å². The van der Waals surface area contributed by atoms with E-state index in [4.69, 9.17) is 10.7 Å². The molecule has 2 nitrogen and oxygen atoms in total. The highest BCUT2D eigenvalue weighted by atomic mass is 32.1. The number of nitrogens with zero attached hydrogens (tertiary/aromatic N) is 1. The zero-order chi connectivity index (χ0) is 12.1. The van der Waals surface area contributed by atoms with E-state index in [2.05, 4.69) is 24.3 Å². The van der Waals surface area contributed by atoms with Crippen LogP contribution in [0.25, 0.3) is 0 Å². The third-order valence-corrected chi connectivity index (χ3v) is 5.51. The number of nitrogens with two attached hydrogens (primary N) is 1. The topological polar surface area (TPSA) is 38.9 Å². The van der Waals surface area contributed by atoms with Gasteiger partial charge in [0, 0.05) is 16.8 Å². The lowest BCUT2D eigenvalue weighted by Gasteiger charge is -2.28. The molecule has 4 rings (SSSR count). The van der Waals surface area contributed by atoms with Crippen molar-refractivity contribution < 1.29 is 0 Å². The van der Waals surface area contributed by atoms with Gasteiger partial charge in [-0.3, -0.25) is 0 Å². The van der Waals surface area contributed by atoms with E-state index >= 15 is 0 Å². The van der Waals surface area contributed by atoms with Crippen LogP contribution in [-0.2, 0) is 12.8 Å². The number of aromatic nitrogens is 1. The number of hydrogen-bond acceptors (Lipinski definition) is 3. The minimum atomic E-state index is 0.232. The minimum absolute atomic E-state index is 0.232. The fourth-order valence-electron chi connectivity index (χ4n) is 3.10. The third-order valence-electron chi connectivity index (χ3n) is 4.16. The largest absolute Gasteiger partial charge is 0.323 e. The molecule has 0 fully saturated rings. The maximum Gasteiger partial charge on any atom is 0.101 e. The molecule has 1 heterocycles. The van der Waals surface area contributed by atoms with E-state index in [9.17, 15) is 0 Å². The number of rotatable bonds is 1. The van der Waals surface area contributed by atoms with Crippen molar-refractivity contribution in [2.45, 2.75) is 37.6 Å². The second-order valence-corrected chi connectivity index (χ2v) is 6.38. The first-order valence-electron chi connectivity index (χ1n) is 6.66. The van der Waals surface area contributed by atoms with Gasteiger partial charge in [-0.25, -0.2) is 4.98 Å². The summed E-state index contributed by atoms with van der Waals surface area (Å²) in [7, 11) is 0. The predicted molar refractivity (Wildman–Crippen MR) is 74.0 cm³/mol. The van der Waals surface area contributed by atoms with Crippen LogP contribution >= 0.6 is 11.3 Å². The Balaban J connectivity index is 1.72. The molecule has 2 atom stereocenters.